The van der Waals surface area contributed by atoms with E-state index in [0.717, 1.165) is 17.9 Å². The normalized spacial score (nSPS) is 11.9. The third-order valence-electron chi connectivity index (χ3n) is 2.93. The molecule has 0 aliphatic heterocycles. The molecule has 1 atom stereocenters. The fourth-order valence-electron chi connectivity index (χ4n) is 1.61. The number of ether oxygens (including phenoxy) is 1. The summed E-state index contributed by atoms with van der Waals surface area (Å²) in [5, 5.41) is 2.93. The second-order valence-corrected chi connectivity index (χ2v) is 5.83. The van der Waals surface area contributed by atoms with E-state index in [2.05, 4.69) is 12.2 Å². The number of methoxy groups -OCH3 is 1. The molecular weight excluding hydrogens is 272 g/mol. The molecule has 0 aliphatic carbocycles. The predicted octanol–water partition coefficient (Wildman–Crippen LogP) is 1.68. The molecule has 4 nitrogen and oxygen atoms in total. The van der Waals surface area contributed by atoms with Crippen molar-refractivity contribution < 1.29 is 9.53 Å². The van der Waals surface area contributed by atoms with Crippen LogP contribution in [0.5, 0.6) is 5.75 Å². The molecule has 1 unspecified atom stereocenters. The number of nitrogens with one attached hydrogen (secondary N) is 1. The molecule has 0 fully saturated rings. The van der Waals surface area contributed by atoms with E-state index in [-0.39, 0.29) is 5.91 Å². The Morgan fingerprint density at radius 3 is 2.70 bits per heavy atom. The number of nitrogens with two attached hydrogens (primary N) is 1. The highest BCUT2D eigenvalue weighted by atomic mass is 32.2. The standard InChI is InChI=1S/C15H24N2O2S/c1-12(9-16)10-20-11-15(18)17-8-7-13-3-5-14(19-2)6-4-13/h3-6,12H,7-11,16H2,1-2H3,(H,17,18). The molecule has 1 aromatic rings. The van der Waals surface area contributed by atoms with Gasteiger partial charge < -0.3 is 15.8 Å². The molecule has 0 saturated heterocycles. The van der Waals surface area contributed by atoms with Crippen molar-refractivity contribution in [2.24, 2.45) is 11.7 Å². The molecule has 0 spiro atoms. The zero-order valence-corrected chi connectivity index (χ0v) is 13.0. The second kappa shape index (κ2) is 9.66. The SMILES string of the molecule is COc1ccc(CCNC(=O)CSCC(C)CN)cc1. The van der Waals surface area contributed by atoms with Gasteiger partial charge in [0.15, 0.2) is 0 Å². The lowest BCUT2D eigenvalue weighted by molar-refractivity contribution is -0.118. The van der Waals surface area contributed by atoms with Crippen LogP contribution in [0.1, 0.15) is 12.5 Å². The number of benzene rings is 1. The van der Waals surface area contributed by atoms with Gasteiger partial charge in [0.2, 0.25) is 5.91 Å². The first-order valence-electron chi connectivity index (χ1n) is 6.83. The van der Waals surface area contributed by atoms with Crippen LogP contribution in [0.2, 0.25) is 0 Å². The summed E-state index contributed by atoms with van der Waals surface area (Å²) < 4.78 is 5.10. The van der Waals surface area contributed by atoms with Crippen molar-refractivity contribution in [3.05, 3.63) is 29.8 Å². The summed E-state index contributed by atoms with van der Waals surface area (Å²) in [6.45, 7) is 3.43. The molecule has 0 bridgehead atoms. The Labute approximate surface area is 125 Å². The topological polar surface area (TPSA) is 64.3 Å². The van der Waals surface area contributed by atoms with Crippen LogP contribution in [0, 0.1) is 5.92 Å². The number of thioether (sulfide) groups is 1. The number of carbonyl (C=O) groups is 1. The number of rotatable bonds is 9. The number of hydrogen-bond acceptors (Lipinski definition) is 4. The molecule has 0 heterocycles. The van der Waals surface area contributed by atoms with Gasteiger partial charge in [0.1, 0.15) is 5.75 Å². The van der Waals surface area contributed by atoms with E-state index in [1.807, 2.05) is 24.3 Å². The highest BCUT2D eigenvalue weighted by Gasteiger charge is 2.04. The smallest absolute Gasteiger partial charge is 0.230 e. The Bertz CT molecular complexity index is 395. The summed E-state index contributed by atoms with van der Waals surface area (Å²) in [6.07, 6.45) is 0.833. The molecule has 112 valence electrons. The Hall–Kier alpha value is -1.20. The first-order valence-corrected chi connectivity index (χ1v) is 7.98. The Morgan fingerprint density at radius 1 is 1.40 bits per heavy atom. The van der Waals surface area contributed by atoms with Crippen LogP contribution >= 0.6 is 11.8 Å². The number of carbonyl (C=O) groups excluding carboxylic acids is 1. The summed E-state index contributed by atoms with van der Waals surface area (Å²) in [4.78, 5) is 11.6. The van der Waals surface area contributed by atoms with Crippen LogP contribution in [0.25, 0.3) is 0 Å². The summed E-state index contributed by atoms with van der Waals surface area (Å²) in [5.74, 6) is 2.85. The molecule has 0 saturated carbocycles. The zero-order chi connectivity index (χ0) is 14.8. The Balaban J connectivity index is 2.14. The van der Waals surface area contributed by atoms with Crippen LogP contribution in [0.15, 0.2) is 24.3 Å². The van der Waals surface area contributed by atoms with Gasteiger partial charge in [-0.25, -0.2) is 0 Å². The second-order valence-electron chi connectivity index (χ2n) is 4.80. The Morgan fingerprint density at radius 2 is 2.10 bits per heavy atom. The first kappa shape index (κ1) is 16.9. The third kappa shape index (κ3) is 6.82. The lowest BCUT2D eigenvalue weighted by atomic mass is 10.1. The van der Waals surface area contributed by atoms with Gasteiger partial charge in [-0.15, -0.1) is 0 Å². The van der Waals surface area contributed by atoms with Gasteiger partial charge in [0, 0.05) is 6.54 Å². The van der Waals surface area contributed by atoms with Crippen LogP contribution < -0.4 is 15.8 Å². The largest absolute Gasteiger partial charge is 0.497 e. The predicted molar refractivity (Wildman–Crippen MR) is 85.3 cm³/mol. The van der Waals surface area contributed by atoms with Crippen molar-refractivity contribution in [1.82, 2.24) is 5.32 Å². The molecule has 1 amide bonds. The van der Waals surface area contributed by atoms with Crippen LogP contribution in [0.4, 0.5) is 0 Å². The summed E-state index contributed by atoms with van der Waals surface area (Å²) in [7, 11) is 1.65. The lowest BCUT2D eigenvalue weighted by Crippen LogP contribution is -2.27. The molecule has 1 rings (SSSR count). The highest BCUT2D eigenvalue weighted by Crippen LogP contribution is 2.11. The maximum absolute atomic E-state index is 11.6. The molecular formula is C15H24N2O2S. The number of hydrogen-bond donors (Lipinski definition) is 2. The molecule has 20 heavy (non-hydrogen) atoms. The summed E-state index contributed by atoms with van der Waals surface area (Å²) in [6, 6.07) is 7.90. The summed E-state index contributed by atoms with van der Waals surface area (Å²) in [5.41, 5.74) is 6.72. The monoisotopic (exact) mass is 296 g/mol. The first-order chi connectivity index (χ1) is 9.65. The van der Waals surface area contributed by atoms with Crippen LogP contribution in [-0.4, -0.2) is 37.6 Å². The average Bonchev–Trinajstić information content (AvgIpc) is 2.47. The molecule has 0 radical (unpaired) electrons. The Kier molecular flexibility index (Phi) is 8.14. The minimum absolute atomic E-state index is 0.0905. The van der Waals surface area contributed by atoms with Gasteiger partial charge >= 0.3 is 0 Å². The molecule has 1 aromatic carbocycles. The third-order valence-corrected chi connectivity index (χ3v) is 4.20. The van der Waals surface area contributed by atoms with Crippen molar-refractivity contribution in [1.29, 1.82) is 0 Å². The molecule has 3 N–H and O–H groups in total. The zero-order valence-electron chi connectivity index (χ0n) is 12.2. The fourth-order valence-corrected chi connectivity index (χ4v) is 2.55. The molecule has 5 heteroatoms. The van der Waals surface area contributed by atoms with Crippen molar-refractivity contribution >= 4 is 17.7 Å². The fraction of sp³-hybridized carbons (Fsp3) is 0.533. The van der Waals surface area contributed by atoms with Crippen LogP contribution in [0.3, 0.4) is 0 Å². The quantitative estimate of drug-likeness (QED) is 0.728. The molecule has 0 aliphatic rings. The molecule has 0 aromatic heterocycles. The lowest BCUT2D eigenvalue weighted by Gasteiger charge is -2.08. The van der Waals surface area contributed by atoms with Crippen molar-refractivity contribution in [3.8, 4) is 5.75 Å². The van der Waals surface area contributed by atoms with Gasteiger partial charge in [-0.1, -0.05) is 19.1 Å². The van der Waals surface area contributed by atoms with E-state index < -0.39 is 0 Å². The van der Waals surface area contributed by atoms with Crippen molar-refractivity contribution in [3.63, 3.8) is 0 Å². The van der Waals surface area contributed by atoms with E-state index in [4.69, 9.17) is 10.5 Å². The maximum Gasteiger partial charge on any atom is 0.230 e. The van der Waals surface area contributed by atoms with Gasteiger partial charge in [0.05, 0.1) is 12.9 Å². The minimum Gasteiger partial charge on any atom is -0.497 e. The van der Waals surface area contributed by atoms with Gasteiger partial charge in [0.25, 0.3) is 0 Å². The van der Waals surface area contributed by atoms with E-state index in [0.29, 0.717) is 24.8 Å². The minimum atomic E-state index is 0.0905. The van der Waals surface area contributed by atoms with Crippen molar-refractivity contribution in [2.45, 2.75) is 13.3 Å². The highest BCUT2D eigenvalue weighted by molar-refractivity contribution is 7.99. The van der Waals surface area contributed by atoms with Crippen molar-refractivity contribution in [2.75, 3.05) is 31.7 Å². The van der Waals surface area contributed by atoms with E-state index >= 15 is 0 Å². The van der Waals surface area contributed by atoms with Gasteiger partial charge in [-0.3, -0.25) is 4.79 Å². The average molecular weight is 296 g/mol. The number of amides is 1. The summed E-state index contributed by atoms with van der Waals surface area (Å²) >= 11 is 1.64. The van der Waals surface area contributed by atoms with Gasteiger partial charge in [-0.05, 0) is 42.3 Å². The maximum atomic E-state index is 11.6. The van der Waals surface area contributed by atoms with E-state index in [1.54, 1.807) is 18.9 Å². The van der Waals surface area contributed by atoms with Crippen LogP contribution in [-0.2, 0) is 11.2 Å². The van der Waals surface area contributed by atoms with Gasteiger partial charge in [-0.2, -0.15) is 11.8 Å². The van der Waals surface area contributed by atoms with E-state index in [1.165, 1.54) is 5.56 Å². The van der Waals surface area contributed by atoms with E-state index in [9.17, 15) is 4.79 Å².